The van der Waals surface area contributed by atoms with E-state index in [-0.39, 0.29) is 30.8 Å². The van der Waals surface area contributed by atoms with Gasteiger partial charge in [0, 0.05) is 0 Å². The number of nitrogens with one attached hydrogen (secondary N) is 2. The molecule has 0 spiro atoms. The van der Waals surface area contributed by atoms with Crippen molar-refractivity contribution in [3.8, 4) is 17.2 Å². The van der Waals surface area contributed by atoms with Crippen molar-refractivity contribution in [2.24, 2.45) is 5.92 Å². The number of hydrogen-bond acceptors (Lipinski definition) is 4. The van der Waals surface area contributed by atoms with Crippen LogP contribution in [0.15, 0.2) is 42.5 Å². The lowest BCUT2D eigenvalue weighted by molar-refractivity contribution is 0.174. The van der Waals surface area contributed by atoms with E-state index < -0.39 is 0 Å². The smallest absolute Gasteiger partial charge is 0.315 e. The molecule has 1 aliphatic rings. The van der Waals surface area contributed by atoms with E-state index in [1.54, 1.807) is 7.11 Å². The Morgan fingerprint density at radius 1 is 0.963 bits per heavy atom. The van der Waals surface area contributed by atoms with Gasteiger partial charge in [-0.25, -0.2) is 4.79 Å². The molecule has 2 aromatic rings. The first-order chi connectivity index (χ1) is 13.0. The summed E-state index contributed by atoms with van der Waals surface area (Å²) < 4.78 is 15.9. The van der Waals surface area contributed by atoms with Crippen LogP contribution in [-0.2, 0) is 0 Å². The third-order valence-corrected chi connectivity index (χ3v) is 4.67. The average Bonchev–Trinajstić information content (AvgIpc) is 3.13. The van der Waals surface area contributed by atoms with Gasteiger partial charge in [0.1, 0.15) is 5.75 Å². The van der Waals surface area contributed by atoms with Crippen LogP contribution in [0.1, 0.15) is 44.0 Å². The minimum Gasteiger partial charge on any atom is -0.497 e. The third kappa shape index (κ3) is 4.45. The van der Waals surface area contributed by atoms with E-state index in [0.29, 0.717) is 5.75 Å². The van der Waals surface area contributed by atoms with Gasteiger partial charge >= 0.3 is 6.03 Å². The van der Waals surface area contributed by atoms with Crippen molar-refractivity contribution >= 4 is 6.03 Å². The summed E-state index contributed by atoms with van der Waals surface area (Å²) in [5, 5.41) is 6.07. The maximum atomic E-state index is 12.6. The average molecular weight is 370 g/mol. The van der Waals surface area contributed by atoms with E-state index in [0.717, 1.165) is 22.6 Å². The number of fused-ring (bicyclic) bond motifs is 1. The summed E-state index contributed by atoms with van der Waals surface area (Å²) >= 11 is 0. The van der Waals surface area contributed by atoms with Crippen LogP contribution in [0.2, 0.25) is 0 Å². The lowest BCUT2D eigenvalue weighted by atomic mass is 9.96. The van der Waals surface area contributed by atoms with Gasteiger partial charge in [0.15, 0.2) is 11.5 Å². The molecule has 2 amide bonds. The standard InChI is InChI=1S/C21H26N2O4/c1-13(2)20(15-5-8-17(25-4)9-6-15)23-21(24)22-14(3)16-7-10-18-19(11-16)27-12-26-18/h5-11,13-14,20H,12H2,1-4H3,(H2,22,23,24). The fourth-order valence-corrected chi connectivity index (χ4v) is 3.09. The van der Waals surface area contributed by atoms with Gasteiger partial charge in [-0.1, -0.05) is 32.0 Å². The lowest BCUT2D eigenvalue weighted by Gasteiger charge is -2.25. The molecule has 6 nitrogen and oxygen atoms in total. The molecule has 2 aromatic carbocycles. The Bertz CT molecular complexity index is 789. The van der Waals surface area contributed by atoms with Crippen molar-refractivity contribution in [3.05, 3.63) is 53.6 Å². The van der Waals surface area contributed by atoms with E-state index in [1.807, 2.05) is 49.4 Å². The Labute approximate surface area is 159 Å². The molecule has 0 aliphatic carbocycles. The van der Waals surface area contributed by atoms with E-state index >= 15 is 0 Å². The Hall–Kier alpha value is -2.89. The van der Waals surface area contributed by atoms with Gasteiger partial charge in [0.25, 0.3) is 0 Å². The zero-order valence-corrected chi connectivity index (χ0v) is 16.1. The second kappa shape index (κ2) is 8.20. The molecule has 2 atom stereocenters. The number of amides is 2. The monoisotopic (exact) mass is 370 g/mol. The fourth-order valence-electron chi connectivity index (χ4n) is 3.09. The summed E-state index contributed by atoms with van der Waals surface area (Å²) in [5.74, 6) is 2.47. The first kappa shape index (κ1) is 18.9. The highest BCUT2D eigenvalue weighted by Crippen LogP contribution is 2.34. The number of carbonyl (C=O) groups excluding carboxylic acids is 1. The molecule has 144 valence electrons. The molecule has 0 aromatic heterocycles. The summed E-state index contributed by atoms with van der Waals surface area (Å²) in [6.07, 6.45) is 0. The molecule has 2 N–H and O–H groups in total. The lowest BCUT2D eigenvalue weighted by Crippen LogP contribution is -2.40. The summed E-state index contributed by atoms with van der Waals surface area (Å²) in [6, 6.07) is 13.0. The van der Waals surface area contributed by atoms with Crippen LogP contribution in [0.3, 0.4) is 0 Å². The van der Waals surface area contributed by atoms with Gasteiger partial charge in [-0.05, 0) is 48.2 Å². The van der Waals surface area contributed by atoms with E-state index in [1.165, 1.54) is 0 Å². The highest BCUT2D eigenvalue weighted by atomic mass is 16.7. The van der Waals surface area contributed by atoms with Gasteiger partial charge < -0.3 is 24.8 Å². The van der Waals surface area contributed by atoms with Crippen LogP contribution in [0.25, 0.3) is 0 Å². The minimum absolute atomic E-state index is 0.0974. The highest BCUT2D eigenvalue weighted by molar-refractivity contribution is 5.75. The Morgan fingerprint density at radius 2 is 1.63 bits per heavy atom. The largest absolute Gasteiger partial charge is 0.497 e. The van der Waals surface area contributed by atoms with Gasteiger partial charge in [-0.3, -0.25) is 0 Å². The summed E-state index contributed by atoms with van der Waals surface area (Å²) in [7, 11) is 1.64. The van der Waals surface area contributed by atoms with Crippen LogP contribution in [0, 0.1) is 5.92 Å². The zero-order valence-electron chi connectivity index (χ0n) is 16.1. The molecule has 3 rings (SSSR count). The molecule has 27 heavy (non-hydrogen) atoms. The second-order valence-electron chi connectivity index (χ2n) is 6.95. The number of carbonyl (C=O) groups is 1. The molecular formula is C21H26N2O4. The van der Waals surface area contributed by atoms with Crippen molar-refractivity contribution in [1.29, 1.82) is 0 Å². The van der Waals surface area contributed by atoms with E-state index in [9.17, 15) is 4.79 Å². The summed E-state index contributed by atoms with van der Waals surface area (Å²) in [4.78, 5) is 12.6. The van der Waals surface area contributed by atoms with Crippen LogP contribution in [0.4, 0.5) is 4.79 Å². The van der Waals surface area contributed by atoms with Crippen molar-refractivity contribution < 1.29 is 19.0 Å². The zero-order chi connectivity index (χ0) is 19.4. The number of urea groups is 1. The summed E-state index contributed by atoms with van der Waals surface area (Å²) in [5.41, 5.74) is 2.00. The number of methoxy groups -OCH3 is 1. The van der Waals surface area contributed by atoms with Crippen LogP contribution < -0.4 is 24.8 Å². The molecule has 0 radical (unpaired) electrons. The van der Waals surface area contributed by atoms with Crippen molar-refractivity contribution in [1.82, 2.24) is 10.6 Å². The van der Waals surface area contributed by atoms with Gasteiger partial charge in [0.05, 0.1) is 19.2 Å². The molecule has 0 fully saturated rings. The normalized spacial score (nSPS) is 14.6. The molecule has 2 unspecified atom stereocenters. The Morgan fingerprint density at radius 3 is 2.30 bits per heavy atom. The number of rotatable bonds is 6. The molecule has 1 aliphatic heterocycles. The quantitative estimate of drug-likeness (QED) is 0.800. The first-order valence-corrected chi connectivity index (χ1v) is 9.08. The fraction of sp³-hybridized carbons (Fsp3) is 0.381. The predicted molar refractivity (Wildman–Crippen MR) is 103 cm³/mol. The van der Waals surface area contributed by atoms with Gasteiger partial charge in [0.2, 0.25) is 6.79 Å². The third-order valence-electron chi connectivity index (χ3n) is 4.67. The molecular weight excluding hydrogens is 344 g/mol. The topological polar surface area (TPSA) is 68.8 Å². The van der Waals surface area contributed by atoms with Gasteiger partial charge in [-0.15, -0.1) is 0 Å². The van der Waals surface area contributed by atoms with Crippen molar-refractivity contribution in [2.75, 3.05) is 13.9 Å². The minimum atomic E-state index is -0.213. The van der Waals surface area contributed by atoms with Gasteiger partial charge in [-0.2, -0.15) is 0 Å². The Kier molecular flexibility index (Phi) is 5.74. The van der Waals surface area contributed by atoms with Crippen LogP contribution in [-0.4, -0.2) is 19.9 Å². The highest BCUT2D eigenvalue weighted by Gasteiger charge is 2.21. The van der Waals surface area contributed by atoms with E-state index in [4.69, 9.17) is 14.2 Å². The van der Waals surface area contributed by atoms with Crippen LogP contribution >= 0.6 is 0 Å². The van der Waals surface area contributed by atoms with E-state index in [2.05, 4.69) is 24.5 Å². The second-order valence-corrected chi connectivity index (χ2v) is 6.95. The molecule has 0 bridgehead atoms. The Balaban J connectivity index is 1.65. The van der Waals surface area contributed by atoms with Crippen molar-refractivity contribution in [3.63, 3.8) is 0 Å². The SMILES string of the molecule is COc1ccc(C(NC(=O)NC(C)c2ccc3c(c2)OCO3)C(C)C)cc1. The number of hydrogen-bond donors (Lipinski definition) is 2. The molecule has 6 heteroatoms. The maximum Gasteiger partial charge on any atom is 0.315 e. The first-order valence-electron chi connectivity index (χ1n) is 9.08. The van der Waals surface area contributed by atoms with Crippen LogP contribution in [0.5, 0.6) is 17.2 Å². The molecule has 0 saturated carbocycles. The van der Waals surface area contributed by atoms with Crippen molar-refractivity contribution in [2.45, 2.75) is 32.9 Å². The predicted octanol–water partition coefficient (Wildman–Crippen LogP) is 4.18. The molecule has 0 saturated heterocycles. The number of benzene rings is 2. The number of ether oxygens (including phenoxy) is 3. The maximum absolute atomic E-state index is 12.6. The molecule has 1 heterocycles. The summed E-state index contributed by atoms with van der Waals surface area (Å²) in [6.45, 7) is 6.33.